The van der Waals surface area contributed by atoms with E-state index in [1.54, 1.807) is 30.3 Å². The Kier molecular flexibility index (Phi) is 3.10. The average molecular weight is 192 g/mol. The van der Waals surface area contributed by atoms with Gasteiger partial charge in [-0.25, -0.2) is 0 Å². The van der Waals surface area contributed by atoms with Gasteiger partial charge in [0.1, 0.15) is 0 Å². The summed E-state index contributed by atoms with van der Waals surface area (Å²) in [5, 5.41) is 0. The van der Waals surface area contributed by atoms with Gasteiger partial charge in [0.25, 0.3) is 0 Å². The molecule has 0 unspecified atom stereocenters. The molecule has 0 aliphatic heterocycles. The second-order valence-corrected chi connectivity index (χ2v) is 2.63. The third-order valence-electron chi connectivity index (χ3n) is 0.938. The number of hydrogen-bond donors (Lipinski definition) is 0. The van der Waals surface area contributed by atoms with Crippen molar-refractivity contribution in [1.29, 1.82) is 0 Å². The van der Waals surface area contributed by atoms with E-state index >= 15 is 0 Å². The SMILES string of the molecule is [O]=[V](=[O])[O]Oc1ccccc1. The molecule has 5 heteroatoms. The van der Waals surface area contributed by atoms with Gasteiger partial charge in [0, 0.05) is 0 Å². The number of benzene rings is 1. The fraction of sp³-hybridized carbons (Fsp3) is 0. The third-order valence-corrected chi connectivity index (χ3v) is 1.24. The molecule has 11 heavy (non-hydrogen) atoms. The molecule has 0 amide bonds. The molecule has 0 radical (unpaired) electrons. The van der Waals surface area contributed by atoms with E-state index in [9.17, 15) is 7.35 Å². The molecule has 0 saturated carbocycles. The molecule has 0 atom stereocenters. The molecular formula is C6H5O4V. The summed E-state index contributed by atoms with van der Waals surface area (Å²) >= 11 is -3.62. The maximum absolute atomic E-state index is 9.94. The zero-order valence-electron chi connectivity index (χ0n) is 5.47. The predicted molar refractivity (Wildman–Crippen MR) is 29.5 cm³/mol. The van der Waals surface area contributed by atoms with Crippen LogP contribution in [0, 0.1) is 0 Å². The van der Waals surface area contributed by atoms with Gasteiger partial charge < -0.3 is 0 Å². The Balaban J connectivity index is 2.52. The zero-order chi connectivity index (χ0) is 8.10. The Hall–Kier alpha value is -0.836. The van der Waals surface area contributed by atoms with Crippen LogP contribution in [0.2, 0.25) is 0 Å². The Morgan fingerprint density at radius 2 is 1.73 bits per heavy atom. The van der Waals surface area contributed by atoms with Crippen LogP contribution in [0.3, 0.4) is 0 Å². The molecule has 4 nitrogen and oxygen atoms in total. The Labute approximate surface area is 68.0 Å². The first-order chi connectivity index (χ1) is 5.29. The van der Waals surface area contributed by atoms with Crippen LogP contribution in [-0.4, -0.2) is 0 Å². The van der Waals surface area contributed by atoms with Gasteiger partial charge in [0.15, 0.2) is 0 Å². The summed E-state index contributed by atoms with van der Waals surface area (Å²) < 4.78 is 23.8. The summed E-state index contributed by atoms with van der Waals surface area (Å²) in [6.45, 7) is 0. The average Bonchev–Trinajstić information content (AvgIpc) is 2.03. The van der Waals surface area contributed by atoms with Crippen LogP contribution in [0.1, 0.15) is 0 Å². The summed E-state index contributed by atoms with van der Waals surface area (Å²) in [7, 11) is 0. The molecule has 0 bridgehead atoms. The van der Waals surface area contributed by atoms with Crippen LogP contribution in [0.5, 0.6) is 5.75 Å². The third kappa shape index (κ3) is 3.18. The summed E-state index contributed by atoms with van der Waals surface area (Å²) in [4.78, 5) is 4.41. The minimum absolute atomic E-state index is 0.374. The van der Waals surface area contributed by atoms with E-state index in [1.165, 1.54) is 0 Å². The van der Waals surface area contributed by atoms with Crippen LogP contribution in [0.4, 0.5) is 0 Å². The topological polar surface area (TPSA) is 52.6 Å². The molecule has 0 aromatic heterocycles. The maximum atomic E-state index is 9.94. The van der Waals surface area contributed by atoms with Crippen molar-refractivity contribution in [3.05, 3.63) is 30.3 Å². The van der Waals surface area contributed by atoms with E-state index < -0.39 is 15.4 Å². The summed E-state index contributed by atoms with van der Waals surface area (Å²) in [5.74, 6) is 0.374. The molecule has 0 aliphatic rings. The van der Waals surface area contributed by atoms with Crippen molar-refractivity contribution in [2.45, 2.75) is 0 Å². The molecule has 0 aliphatic carbocycles. The van der Waals surface area contributed by atoms with Gasteiger partial charge in [-0.3, -0.25) is 0 Å². The molecule has 0 fully saturated rings. The van der Waals surface area contributed by atoms with Crippen molar-refractivity contribution in [2.24, 2.45) is 0 Å². The Morgan fingerprint density at radius 3 is 2.27 bits per heavy atom. The number of hydrogen-bond acceptors (Lipinski definition) is 4. The van der Waals surface area contributed by atoms with Gasteiger partial charge in [-0.15, -0.1) is 0 Å². The summed E-state index contributed by atoms with van der Waals surface area (Å²) in [5.41, 5.74) is 0. The van der Waals surface area contributed by atoms with Crippen molar-refractivity contribution < 1.29 is 31.4 Å². The van der Waals surface area contributed by atoms with Crippen molar-refractivity contribution >= 4 is 0 Å². The van der Waals surface area contributed by atoms with E-state index in [0.717, 1.165) is 0 Å². The fourth-order valence-corrected chi connectivity index (χ4v) is 0.779. The molecule has 0 N–H and O–H groups in total. The Morgan fingerprint density at radius 1 is 1.09 bits per heavy atom. The second kappa shape index (κ2) is 4.13. The fourth-order valence-electron chi connectivity index (χ4n) is 0.550. The molecule has 58 valence electrons. The van der Waals surface area contributed by atoms with E-state index in [1.807, 2.05) is 0 Å². The van der Waals surface area contributed by atoms with Crippen molar-refractivity contribution in [2.75, 3.05) is 0 Å². The first kappa shape index (κ1) is 8.26. The van der Waals surface area contributed by atoms with Gasteiger partial charge in [-0.1, -0.05) is 0 Å². The standard InChI is InChI=1S/C6H6O2.2O.V/c7-8-6-4-2-1-3-5-6;;;/h1-5,7H;;;/q;;;+1/p-1. The quantitative estimate of drug-likeness (QED) is 0.533. The monoisotopic (exact) mass is 192 g/mol. The van der Waals surface area contributed by atoms with Crippen LogP contribution in [0.25, 0.3) is 0 Å². The van der Waals surface area contributed by atoms with Crippen molar-refractivity contribution in [1.82, 2.24) is 0 Å². The summed E-state index contributed by atoms with van der Waals surface area (Å²) in [6.07, 6.45) is 0. The van der Waals surface area contributed by atoms with Crippen LogP contribution in [-0.2, 0) is 26.6 Å². The van der Waals surface area contributed by atoms with Crippen LogP contribution < -0.4 is 4.89 Å². The first-order valence-electron chi connectivity index (χ1n) is 2.83. The minimum atomic E-state index is -3.62. The van der Waals surface area contributed by atoms with E-state index in [2.05, 4.69) is 8.70 Å². The Bertz CT molecular complexity index is 272. The first-order valence-corrected chi connectivity index (χ1v) is 4.54. The molecule has 0 saturated heterocycles. The van der Waals surface area contributed by atoms with Crippen LogP contribution >= 0.6 is 0 Å². The van der Waals surface area contributed by atoms with Gasteiger partial charge >= 0.3 is 67.5 Å². The molecule has 1 rings (SSSR count). The number of para-hydroxylation sites is 1. The molecule has 0 heterocycles. The van der Waals surface area contributed by atoms with Crippen molar-refractivity contribution in [3.63, 3.8) is 0 Å². The van der Waals surface area contributed by atoms with Gasteiger partial charge in [-0.2, -0.15) is 0 Å². The molecule has 1 aromatic rings. The van der Waals surface area contributed by atoms with Gasteiger partial charge in [0.05, 0.1) is 0 Å². The van der Waals surface area contributed by atoms with E-state index in [0.29, 0.717) is 5.75 Å². The van der Waals surface area contributed by atoms with Gasteiger partial charge in [0.2, 0.25) is 0 Å². The zero-order valence-corrected chi connectivity index (χ0v) is 6.86. The summed E-state index contributed by atoms with van der Waals surface area (Å²) in [6, 6.07) is 8.41. The normalized spacial score (nSPS) is 9.09. The molecule has 1 aromatic carbocycles. The molecule has 0 spiro atoms. The number of rotatable bonds is 3. The van der Waals surface area contributed by atoms with Gasteiger partial charge in [-0.05, 0) is 0 Å². The van der Waals surface area contributed by atoms with Crippen LogP contribution in [0.15, 0.2) is 30.3 Å². The van der Waals surface area contributed by atoms with E-state index in [-0.39, 0.29) is 0 Å². The molecular weight excluding hydrogens is 187 g/mol. The second-order valence-electron chi connectivity index (χ2n) is 1.69. The predicted octanol–water partition coefficient (Wildman–Crippen LogP) is 1.22. The van der Waals surface area contributed by atoms with Crippen molar-refractivity contribution in [3.8, 4) is 5.75 Å². The van der Waals surface area contributed by atoms with E-state index in [4.69, 9.17) is 0 Å².